The number of piperidine rings is 1. The van der Waals surface area contributed by atoms with Gasteiger partial charge in [-0.25, -0.2) is 4.79 Å². The van der Waals surface area contributed by atoms with Crippen LogP contribution in [-0.4, -0.2) is 35.6 Å². The Morgan fingerprint density at radius 1 is 1.15 bits per heavy atom. The number of amides is 1. The summed E-state index contributed by atoms with van der Waals surface area (Å²) in [5, 5.41) is 3.90. The highest BCUT2D eigenvalue weighted by molar-refractivity contribution is 5.91. The van der Waals surface area contributed by atoms with Crippen molar-refractivity contribution < 1.29 is 14.4 Å². The predicted molar refractivity (Wildman–Crippen MR) is 75.5 cm³/mol. The number of nitrogens with zero attached hydrogens (tertiary/aromatic N) is 2. The van der Waals surface area contributed by atoms with Gasteiger partial charge in [0.15, 0.2) is 0 Å². The first-order chi connectivity index (χ1) is 9.56. The molecular formula is C15H18N2O3. The van der Waals surface area contributed by atoms with Gasteiger partial charge in [0.2, 0.25) is 5.91 Å². The second-order valence-electron chi connectivity index (χ2n) is 4.91. The lowest BCUT2D eigenvalue weighted by Crippen LogP contribution is -2.37. The Bertz CT molecular complexity index is 525. The van der Waals surface area contributed by atoms with Gasteiger partial charge in [0.05, 0.1) is 11.3 Å². The molecule has 0 radical (unpaired) electrons. The van der Waals surface area contributed by atoms with Gasteiger partial charge < -0.3 is 9.74 Å². The molecule has 2 rings (SSSR count). The molecule has 0 atom stereocenters. The Balaban J connectivity index is 1.88. The van der Waals surface area contributed by atoms with Crippen LogP contribution < -0.4 is 0 Å². The van der Waals surface area contributed by atoms with Crippen molar-refractivity contribution in [3.05, 3.63) is 35.4 Å². The third-order valence-electron chi connectivity index (χ3n) is 3.33. The van der Waals surface area contributed by atoms with Gasteiger partial charge in [0.1, 0.15) is 0 Å². The zero-order valence-corrected chi connectivity index (χ0v) is 11.8. The van der Waals surface area contributed by atoms with Crippen molar-refractivity contribution in [1.82, 2.24) is 4.90 Å². The molecule has 5 nitrogen and oxygen atoms in total. The van der Waals surface area contributed by atoms with Crippen LogP contribution in [0.25, 0.3) is 0 Å². The average molecular weight is 274 g/mol. The van der Waals surface area contributed by atoms with Crippen LogP contribution in [0.2, 0.25) is 0 Å². The average Bonchev–Trinajstić information content (AvgIpc) is 2.46. The van der Waals surface area contributed by atoms with E-state index in [1.54, 1.807) is 24.0 Å². The summed E-state index contributed by atoms with van der Waals surface area (Å²) in [6.07, 6.45) is 1.31. The van der Waals surface area contributed by atoms with E-state index in [-0.39, 0.29) is 5.91 Å². The second-order valence-corrected chi connectivity index (χ2v) is 4.91. The monoisotopic (exact) mass is 274 g/mol. The molecule has 1 aliphatic rings. The number of aryl methyl sites for hydroxylation is 1. The zero-order valence-electron chi connectivity index (χ0n) is 11.8. The Labute approximate surface area is 118 Å². The van der Waals surface area contributed by atoms with Crippen molar-refractivity contribution in [3.63, 3.8) is 0 Å². The molecule has 0 aromatic heterocycles. The van der Waals surface area contributed by atoms with Crippen LogP contribution >= 0.6 is 0 Å². The molecule has 0 unspecified atom stereocenters. The number of benzene rings is 1. The number of carbonyl (C=O) groups excluding carboxylic acids is 2. The van der Waals surface area contributed by atoms with Crippen molar-refractivity contribution in [2.24, 2.45) is 5.16 Å². The first-order valence-corrected chi connectivity index (χ1v) is 6.65. The molecule has 0 bridgehead atoms. The minimum atomic E-state index is -0.452. The highest BCUT2D eigenvalue weighted by atomic mass is 16.7. The summed E-state index contributed by atoms with van der Waals surface area (Å²) < 4.78 is 0. The Hall–Kier alpha value is -2.17. The van der Waals surface area contributed by atoms with E-state index in [2.05, 4.69) is 5.16 Å². The van der Waals surface area contributed by atoms with Gasteiger partial charge in [-0.2, -0.15) is 0 Å². The molecule has 0 spiro atoms. The fraction of sp³-hybridized carbons (Fsp3) is 0.400. The van der Waals surface area contributed by atoms with Crippen LogP contribution in [0.5, 0.6) is 0 Å². The van der Waals surface area contributed by atoms with Crippen LogP contribution in [0, 0.1) is 6.92 Å². The summed E-state index contributed by atoms with van der Waals surface area (Å²) in [6, 6.07) is 7.15. The van der Waals surface area contributed by atoms with E-state index in [1.807, 2.05) is 19.1 Å². The van der Waals surface area contributed by atoms with E-state index >= 15 is 0 Å². The molecule has 1 aliphatic heterocycles. The van der Waals surface area contributed by atoms with Gasteiger partial charge in [-0.05, 0) is 19.1 Å². The lowest BCUT2D eigenvalue weighted by Gasteiger charge is -2.25. The molecule has 1 saturated heterocycles. The fourth-order valence-electron chi connectivity index (χ4n) is 2.02. The van der Waals surface area contributed by atoms with E-state index in [0.717, 1.165) is 11.3 Å². The Morgan fingerprint density at radius 3 is 2.30 bits per heavy atom. The normalized spacial score (nSPS) is 14.9. The van der Waals surface area contributed by atoms with Crippen LogP contribution in [-0.2, 0) is 9.63 Å². The van der Waals surface area contributed by atoms with Gasteiger partial charge in [-0.15, -0.1) is 0 Å². The summed E-state index contributed by atoms with van der Waals surface area (Å²) in [5.74, 6) is -0.382. The highest BCUT2D eigenvalue weighted by Crippen LogP contribution is 2.09. The van der Waals surface area contributed by atoms with Gasteiger partial charge >= 0.3 is 5.97 Å². The summed E-state index contributed by atoms with van der Waals surface area (Å²) in [7, 11) is 0. The maximum Gasteiger partial charge on any atom is 0.365 e. The molecule has 5 heteroatoms. The van der Waals surface area contributed by atoms with E-state index in [9.17, 15) is 9.59 Å². The largest absolute Gasteiger partial charge is 0.365 e. The van der Waals surface area contributed by atoms with Crippen molar-refractivity contribution in [3.8, 4) is 0 Å². The van der Waals surface area contributed by atoms with Crippen molar-refractivity contribution >= 4 is 17.6 Å². The minimum absolute atomic E-state index is 0.0701. The van der Waals surface area contributed by atoms with Crippen molar-refractivity contribution in [2.45, 2.75) is 26.7 Å². The second kappa shape index (κ2) is 6.32. The molecule has 0 aliphatic carbocycles. The molecular weight excluding hydrogens is 256 g/mol. The molecule has 0 N–H and O–H groups in total. The first kappa shape index (κ1) is 14.2. The van der Waals surface area contributed by atoms with Crippen LogP contribution in [0.4, 0.5) is 0 Å². The summed E-state index contributed by atoms with van der Waals surface area (Å²) >= 11 is 0. The maximum absolute atomic E-state index is 11.8. The SMILES string of the molecule is CC(=O)N1CCC(=NOC(=O)c2ccc(C)cc2)CC1. The van der Waals surface area contributed by atoms with Crippen LogP contribution in [0.3, 0.4) is 0 Å². The predicted octanol–water partition coefficient (Wildman–Crippen LogP) is 2.15. The topological polar surface area (TPSA) is 59.0 Å². The molecule has 106 valence electrons. The number of likely N-dealkylation sites (tertiary alicyclic amines) is 1. The maximum atomic E-state index is 11.8. The number of hydrogen-bond acceptors (Lipinski definition) is 4. The lowest BCUT2D eigenvalue weighted by atomic mass is 10.1. The van der Waals surface area contributed by atoms with Crippen molar-refractivity contribution in [1.29, 1.82) is 0 Å². The Morgan fingerprint density at radius 2 is 1.75 bits per heavy atom. The Kier molecular flexibility index (Phi) is 4.50. The quantitative estimate of drug-likeness (QED) is 0.613. The summed E-state index contributed by atoms with van der Waals surface area (Å²) in [5.41, 5.74) is 2.40. The van der Waals surface area contributed by atoms with Crippen LogP contribution in [0.15, 0.2) is 29.4 Å². The minimum Gasteiger partial charge on any atom is -0.342 e. The molecule has 1 heterocycles. The number of hydrogen-bond donors (Lipinski definition) is 0. The summed E-state index contributed by atoms with van der Waals surface area (Å²) in [4.78, 5) is 29.7. The molecule has 0 saturated carbocycles. The number of rotatable bonds is 2. The van der Waals surface area contributed by atoms with E-state index in [1.165, 1.54) is 0 Å². The third-order valence-corrected chi connectivity index (χ3v) is 3.33. The van der Waals surface area contributed by atoms with Gasteiger partial charge in [-0.1, -0.05) is 22.9 Å². The van der Waals surface area contributed by atoms with Gasteiger partial charge in [-0.3, -0.25) is 4.79 Å². The van der Waals surface area contributed by atoms with Crippen molar-refractivity contribution in [2.75, 3.05) is 13.1 Å². The zero-order chi connectivity index (χ0) is 14.5. The van der Waals surface area contributed by atoms with Gasteiger partial charge in [0.25, 0.3) is 0 Å². The molecule has 1 fully saturated rings. The molecule has 1 aromatic carbocycles. The third kappa shape index (κ3) is 3.66. The smallest absolute Gasteiger partial charge is 0.342 e. The standard InChI is InChI=1S/C15H18N2O3/c1-11-3-5-13(6-4-11)15(19)20-16-14-7-9-17(10-8-14)12(2)18/h3-6H,7-10H2,1-2H3. The fourth-order valence-corrected chi connectivity index (χ4v) is 2.02. The first-order valence-electron chi connectivity index (χ1n) is 6.65. The molecule has 1 aromatic rings. The van der Waals surface area contributed by atoms with E-state index in [0.29, 0.717) is 31.5 Å². The lowest BCUT2D eigenvalue weighted by molar-refractivity contribution is -0.128. The van der Waals surface area contributed by atoms with E-state index in [4.69, 9.17) is 4.84 Å². The van der Waals surface area contributed by atoms with E-state index < -0.39 is 5.97 Å². The molecule has 1 amide bonds. The number of carbonyl (C=O) groups is 2. The summed E-state index contributed by atoms with van der Waals surface area (Å²) in [6.45, 7) is 4.78. The highest BCUT2D eigenvalue weighted by Gasteiger charge is 2.17. The van der Waals surface area contributed by atoms with Gasteiger partial charge in [0, 0.05) is 32.9 Å². The van der Waals surface area contributed by atoms with Crippen LogP contribution in [0.1, 0.15) is 35.7 Å². The number of oxime groups is 1. The molecule has 20 heavy (non-hydrogen) atoms.